The molecule has 20 heavy (non-hydrogen) atoms. The highest BCUT2D eigenvalue weighted by atomic mass is 79.9. The van der Waals surface area contributed by atoms with Crippen molar-refractivity contribution in [2.75, 3.05) is 12.0 Å². The number of benzene rings is 1. The Labute approximate surface area is 132 Å². The molecule has 0 heterocycles. The van der Waals surface area contributed by atoms with Gasteiger partial charge in [-0.2, -0.15) is 15.6 Å². The van der Waals surface area contributed by atoms with E-state index in [1.165, 1.54) is 0 Å². The van der Waals surface area contributed by atoms with Crippen LogP contribution in [0.3, 0.4) is 0 Å². The smallest absolute Gasteiger partial charge is 0.340 e. The van der Waals surface area contributed by atoms with Crippen molar-refractivity contribution in [3.05, 3.63) is 26.6 Å². The molecular weight excluding hydrogens is 392 g/mol. The van der Waals surface area contributed by atoms with Crippen molar-refractivity contribution >= 4 is 49.2 Å². The Balaban J connectivity index is 3.25. The molecule has 0 bridgehead atoms. The van der Waals surface area contributed by atoms with E-state index in [0.717, 1.165) is 0 Å². The summed E-state index contributed by atoms with van der Waals surface area (Å²) < 4.78 is 6.14. The van der Waals surface area contributed by atoms with Crippen LogP contribution in [-0.2, 0) is 4.74 Å². The predicted molar refractivity (Wildman–Crippen MR) is 80.1 cm³/mol. The summed E-state index contributed by atoms with van der Waals surface area (Å²) in [6.45, 7) is 1.92. The fraction of sp³-hybridized carbons (Fsp3) is 0.167. The van der Waals surface area contributed by atoms with Gasteiger partial charge in [0.25, 0.3) is 0 Å². The van der Waals surface area contributed by atoms with Gasteiger partial charge in [-0.1, -0.05) is 15.9 Å². The standard InChI is InChI=1S/C12H8Br2N4O2/c1-2-20-12(19)9-3-7(13)4-10(14)11(9)18-17-8(5-15)6-16/h3-4,18H,2H2,1H3. The number of ether oxygens (including phenoxy) is 1. The van der Waals surface area contributed by atoms with Crippen molar-refractivity contribution in [2.24, 2.45) is 5.10 Å². The van der Waals surface area contributed by atoms with E-state index in [4.69, 9.17) is 15.3 Å². The van der Waals surface area contributed by atoms with E-state index in [0.29, 0.717) is 14.6 Å². The molecule has 0 saturated carbocycles. The topological polar surface area (TPSA) is 98.3 Å². The maximum Gasteiger partial charge on any atom is 0.340 e. The van der Waals surface area contributed by atoms with E-state index < -0.39 is 5.97 Å². The highest BCUT2D eigenvalue weighted by Crippen LogP contribution is 2.31. The van der Waals surface area contributed by atoms with E-state index in [2.05, 4.69) is 42.4 Å². The summed E-state index contributed by atoms with van der Waals surface area (Å²) in [6.07, 6.45) is 0. The highest BCUT2D eigenvalue weighted by Gasteiger charge is 2.16. The number of anilines is 1. The molecule has 0 radical (unpaired) electrons. The number of hydrogen-bond acceptors (Lipinski definition) is 6. The van der Waals surface area contributed by atoms with Crippen LogP contribution in [0.5, 0.6) is 0 Å². The number of nitriles is 2. The van der Waals surface area contributed by atoms with Gasteiger partial charge < -0.3 is 4.74 Å². The SMILES string of the molecule is CCOC(=O)c1cc(Br)cc(Br)c1NN=C(C#N)C#N. The van der Waals surface area contributed by atoms with Gasteiger partial charge in [0.2, 0.25) is 5.71 Å². The van der Waals surface area contributed by atoms with Crippen LogP contribution in [0.2, 0.25) is 0 Å². The third-order valence-corrected chi connectivity index (χ3v) is 3.12. The number of nitrogens with one attached hydrogen (secondary N) is 1. The monoisotopic (exact) mass is 398 g/mol. The van der Waals surface area contributed by atoms with Gasteiger partial charge in [0.1, 0.15) is 12.1 Å². The number of halogens is 2. The molecule has 0 aliphatic heterocycles. The first-order chi connectivity index (χ1) is 9.53. The average molecular weight is 400 g/mol. The molecule has 0 aromatic heterocycles. The van der Waals surface area contributed by atoms with E-state index >= 15 is 0 Å². The molecule has 102 valence electrons. The Morgan fingerprint density at radius 2 is 2.05 bits per heavy atom. The molecule has 0 amide bonds. The number of rotatable bonds is 4. The minimum atomic E-state index is -0.539. The Hall–Kier alpha value is -1.90. The number of carbonyl (C=O) groups is 1. The zero-order valence-corrected chi connectivity index (χ0v) is 13.4. The van der Waals surface area contributed by atoms with Crippen LogP contribution < -0.4 is 5.43 Å². The lowest BCUT2D eigenvalue weighted by Crippen LogP contribution is -2.09. The number of carbonyl (C=O) groups excluding carboxylic acids is 1. The van der Waals surface area contributed by atoms with E-state index in [1.807, 2.05) is 0 Å². The second-order valence-electron chi connectivity index (χ2n) is 3.33. The largest absolute Gasteiger partial charge is 0.462 e. The average Bonchev–Trinajstić information content (AvgIpc) is 2.41. The van der Waals surface area contributed by atoms with Crippen LogP contribution in [0.1, 0.15) is 17.3 Å². The summed E-state index contributed by atoms with van der Waals surface area (Å²) in [7, 11) is 0. The van der Waals surface area contributed by atoms with E-state index in [1.54, 1.807) is 31.2 Å². The molecule has 1 rings (SSSR count). The molecule has 0 saturated heterocycles. The van der Waals surface area contributed by atoms with Crippen LogP contribution >= 0.6 is 31.9 Å². The Morgan fingerprint density at radius 1 is 1.40 bits per heavy atom. The van der Waals surface area contributed by atoms with Gasteiger partial charge in [-0.05, 0) is 35.0 Å². The Bertz CT molecular complexity index is 628. The van der Waals surface area contributed by atoms with Crippen molar-refractivity contribution in [2.45, 2.75) is 6.92 Å². The minimum absolute atomic E-state index is 0.229. The lowest BCUT2D eigenvalue weighted by Gasteiger charge is -2.11. The molecule has 0 fully saturated rings. The molecule has 1 aromatic carbocycles. The minimum Gasteiger partial charge on any atom is -0.462 e. The van der Waals surface area contributed by atoms with Crippen molar-refractivity contribution < 1.29 is 9.53 Å². The van der Waals surface area contributed by atoms with Crippen LogP contribution in [0.15, 0.2) is 26.2 Å². The van der Waals surface area contributed by atoms with E-state index in [-0.39, 0.29) is 17.9 Å². The fourth-order valence-corrected chi connectivity index (χ4v) is 2.56. The quantitative estimate of drug-likeness (QED) is 0.476. The molecule has 0 aliphatic carbocycles. The number of hydrogen-bond donors (Lipinski definition) is 1. The third kappa shape index (κ3) is 4.05. The summed E-state index contributed by atoms with van der Waals surface area (Å²) >= 11 is 6.54. The summed E-state index contributed by atoms with van der Waals surface area (Å²) in [6, 6.07) is 6.47. The zero-order chi connectivity index (χ0) is 15.1. The van der Waals surface area contributed by atoms with Crippen LogP contribution in [0.25, 0.3) is 0 Å². The maximum atomic E-state index is 11.9. The van der Waals surface area contributed by atoms with Crippen LogP contribution in [0.4, 0.5) is 5.69 Å². The maximum absolute atomic E-state index is 11.9. The normalized spacial score (nSPS) is 9.05. The second kappa shape index (κ2) is 7.63. The summed E-state index contributed by atoms with van der Waals surface area (Å²) in [5.41, 5.74) is 2.72. The van der Waals surface area contributed by atoms with Crippen molar-refractivity contribution in [3.8, 4) is 12.1 Å². The molecule has 1 N–H and O–H groups in total. The molecule has 8 heteroatoms. The molecule has 6 nitrogen and oxygen atoms in total. The molecule has 0 aliphatic rings. The first kappa shape index (κ1) is 16.2. The molecule has 0 unspecified atom stereocenters. The summed E-state index contributed by atoms with van der Waals surface area (Å²) in [4.78, 5) is 11.9. The van der Waals surface area contributed by atoms with Gasteiger partial charge in [-0.3, -0.25) is 5.43 Å². The summed E-state index contributed by atoms with van der Waals surface area (Å²) in [5.74, 6) is -0.539. The van der Waals surface area contributed by atoms with E-state index in [9.17, 15) is 4.79 Å². The second-order valence-corrected chi connectivity index (χ2v) is 5.10. The lowest BCUT2D eigenvalue weighted by atomic mass is 10.2. The summed E-state index contributed by atoms with van der Waals surface area (Å²) in [5, 5.41) is 20.9. The molecule has 0 spiro atoms. The van der Waals surface area contributed by atoms with Gasteiger partial charge in [0, 0.05) is 8.95 Å². The zero-order valence-electron chi connectivity index (χ0n) is 10.3. The van der Waals surface area contributed by atoms with Crippen molar-refractivity contribution in [1.82, 2.24) is 0 Å². The predicted octanol–water partition coefficient (Wildman–Crippen LogP) is 3.20. The fourth-order valence-electron chi connectivity index (χ4n) is 1.24. The van der Waals surface area contributed by atoms with Gasteiger partial charge >= 0.3 is 5.97 Å². The van der Waals surface area contributed by atoms with Crippen molar-refractivity contribution in [1.29, 1.82) is 10.5 Å². The Morgan fingerprint density at radius 3 is 2.60 bits per heavy atom. The first-order valence-electron chi connectivity index (χ1n) is 5.33. The molecule has 1 aromatic rings. The first-order valence-corrected chi connectivity index (χ1v) is 6.92. The van der Waals surface area contributed by atoms with Gasteiger partial charge in [0.15, 0.2) is 0 Å². The van der Waals surface area contributed by atoms with Gasteiger partial charge in [-0.15, -0.1) is 0 Å². The number of esters is 1. The van der Waals surface area contributed by atoms with Crippen molar-refractivity contribution in [3.63, 3.8) is 0 Å². The van der Waals surface area contributed by atoms with Crippen LogP contribution in [-0.4, -0.2) is 18.3 Å². The molecular formula is C12H8Br2N4O2. The lowest BCUT2D eigenvalue weighted by molar-refractivity contribution is 0.0527. The van der Waals surface area contributed by atoms with Gasteiger partial charge in [0.05, 0.1) is 17.9 Å². The number of nitrogens with zero attached hydrogens (tertiary/aromatic N) is 3. The third-order valence-electron chi connectivity index (χ3n) is 2.04. The molecule has 0 atom stereocenters. The Kier molecular flexibility index (Phi) is 6.16. The number of hydrazone groups is 1. The highest BCUT2D eigenvalue weighted by molar-refractivity contribution is 9.11. The van der Waals surface area contributed by atoms with Gasteiger partial charge in [-0.25, -0.2) is 4.79 Å². The van der Waals surface area contributed by atoms with Crippen LogP contribution in [0, 0.1) is 22.7 Å².